The number of para-hydroxylation sites is 1. The van der Waals surface area contributed by atoms with Gasteiger partial charge in [0.25, 0.3) is 5.91 Å². The number of nitrogens with zero attached hydrogens (tertiary/aromatic N) is 2. The van der Waals surface area contributed by atoms with Crippen LogP contribution in [0.25, 0.3) is 10.2 Å². The van der Waals surface area contributed by atoms with Gasteiger partial charge in [-0.2, -0.15) is 0 Å². The zero-order valence-corrected chi connectivity index (χ0v) is 13.0. The van der Waals surface area contributed by atoms with Crippen LogP contribution in [0.4, 0.5) is 0 Å². The van der Waals surface area contributed by atoms with E-state index in [1.54, 1.807) is 0 Å². The number of hydrogen-bond acceptors (Lipinski definition) is 4. The van der Waals surface area contributed by atoms with Crippen molar-refractivity contribution in [2.45, 2.75) is 12.5 Å². The van der Waals surface area contributed by atoms with E-state index in [0.29, 0.717) is 18.0 Å². The van der Waals surface area contributed by atoms with Crippen molar-refractivity contribution in [2.24, 2.45) is 7.05 Å². The van der Waals surface area contributed by atoms with Crippen LogP contribution in [-0.2, 0) is 7.05 Å². The van der Waals surface area contributed by atoms with Gasteiger partial charge in [-0.3, -0.25) is 4.79 Å². The first-order valence-electron chi connectivity index (χ1n) is 7.08. The largest absolute Gasteiger partial charge is 0.387 e. The predicted molar refractivity (Wildman–Crippen MR) is 86.9 cm³/mol. The maximum atomic E-state index is 12.1. The zero-order chi connectivity index (χ0) is 15.5. The number of benzene rings is 1. The number of carbonyl (C=O) groups excluding carboxylic acids is 1. The summed E-state index contributed by atoms with van der Waals surface area (Å²) in [5, 5.41) is 13.4. The zero-order valence-electron chi connectivity index (χ0n) is 12.2. The third kappa shape index (κ3) is 3.03. The first-order valence-corrected chi connectivity index (χ1v) is 7.90. The molecule has 114 valence electrons. The molecule has 2 heterocycles. The number of nitrogens with one attached hydrogen (secondary N) is 1. The fraction of sp³-hybridized carbons (Fsp3) is 0.250. The Morgan fingerprint density at radius 2 is 2.18 bits per heavy atom. The second-order valence-corrected chi connectivity index (χ2v) is 6.12. The predicted octanol–water partition coefficient (Wildman–Crippen LogP) is 2.49. The highest BCUT2D eigenvalue weighted by Crippen LogP contribution is 2.21. The monoisotopic (exact) mass is 315 g/mol. The van der Waals surface area contributed by atoms with Gasteiger partial charge in [0.2, 0.25) is 0 Å². The highest BCUT2D eigenvalue weighted by atomic mass is 32.1. The molecule has 1 unspecified atom stereocenters. The van der Waals surface area contributed by atoms with Gasteiger partial charge in [-0.25, -0.2) is 4.98 Å². The Kier molecular flexibility index (Phi) is 4.22. The first kappa shape index (κ1) is 14.7. The molecular weight excluding hydrogens is 298 g/mol. The highest BCUT2D eigenvalue weighted by molar-refractivity contribution is 7.20. The Morgan fingerprint density at radius 3 is 2.91 bits per heavy atom. The van der Waals surface area contributed by atoms with Crippen LogP contribution in [0, 0.1) is 0 Å². The van der Waals surface area contributed by atoms with Crippen LogP contribution >= 0.6 is 11.3 Å². The molecule has 0 saturated carbocycles. The van der Waals surface area contributed by atoms with Crippen molar-refractivity contribution in [1.82, 2.24) is 14.9 Å². The maximum Gasteiger partial charge on any atom is 0.280 e. The van der Waals surface area contributed by atoms with E-state index in [2.05, 4.69) is 10.3 Å². The molecule has 1 amide bonds. The van der Waals surface area contributed by atoms with Gasteiger partial charge < -0.3 is 15.0 Å². The fourth-order valence-corrected chi connectivity index (χ4v) is 3.22. The average Bonchev–Trinajstić information content (AvgIpc) is 3.12. The molecule has 0 aliphatic rings. The minimum atomic E-state index is -0.587. The lowest BCUT2D eigenvalue weighted by Gasteiger charge is -2.12. The van der Waals surface area contributed by atoms with Gasteiger partial charge in [0.05, 0.1) is 16.3 Å². The molecule has 0 aliphatic heterocycles. The number of aromatic nitrogens is 2. The van der Waals surface area contributed by atoms with Crippen LogP contribution < -0.4 is 5.32 Å². The first-order chi connectivity index (χ1) is 10.6. The molecule has 2 aromatic heterocycles. The lowest BCUT2D eigenvalue weighted by molar-refractivity contribution is 0.0941. The SMILES string of the molecule is Cn1cccc1C(O)CCNC(=O)c1nc2ccccc2s1. The second kappa shape index (κ2) is 6.29. The number of aryl methyl sites for hydroxylation is 1. The third-order valence-corrected chi connectivity index (χ3v) is 4.55. The van der Waals surface area contributed by atoms with E-state index < -0.39 is 6.10 Å². The van der Waals surface area contributed by atoms with Gasteiger partial charge in [0, 0.05) is 25.5 Å². The quantitative estimate of drug-likeness (QED) is 0.760. The van der Waals surface area contributed by atoms with Gasteiger partial charge in [-0.1, -0.05) is 12.1 Å². The Labute approximate surface area is 132 Å². The molecule has 6 heteroatoms. The van der Waals surface area contributed by atoms with Crippen LogP contribution in [-0.4, -0.2) is 27.1 Å². The summed E-state index contributed by atoms with van der Waals surface area (Å²) in [4.78, 5) is 16.4. The number of amides is 1. The van der Waals surface area contributed by atoms with Crippen molar-refractivity contribution in [3.63, 3.8) is 0 Å². The maximum absolute atomic E-state index is 12.1. The average molecular weight is 315 g/mol. The molecule has 2 N–H and O–H groups in total. The Balaban J connectivity index is 1.57. The van der Waals surface area contributed by atoms with E-state index in [-0.39, 0.29) is 5.91 Å². The van der Waals surface area contributed by atoms with Crippen molar-refractivity contribution in [3.8, 4) is 0 Å². The van der Waals surface area contributed by atoms with Crippen LogP contribution in [0.5, 0.6) is 0 Å². The van der Waals surface area contributed by atoms with Crippen molar-refractivity contribution < 1.29 is 9.90 Å². The molecule has 0 spiro atoms. The molecule has 0 bridgehead atoms. The number of fused-ring (bicyclic) bond motifs is 1. The summed E-state index contributed by atoms with van der Waals surface area (Å²) in [5.41, 5.74) is 1.68. The topological polar surface area (TPSA) is 67.2 Å². The number of aliphatic hydroxyl groups excluding tert-OH is 1. The minimum absolute atomic E-state index is 0.194. The van der Waals surface area contributed by atoms with Crippen LogP contribution in [0.2, 0.25) is 0 Å². The number of rotatable bonds is 5. The summed E-state index contributed by atoms with van der Waals surface area (Å²) in [6.45, 7) is 0.404. The van der Waals surface area contributed by atoms with Crippen LogP contribution in [0.3, 0.4) is 0 Å². The van der Waals surface area contributed by atoms with E-state index in [4.69, 9.17) is 0 Å². The Bertz CT molecular complexity index is 760. The molecule has 3 rings (SSSR count). The van der Waals surface area contributed by atoms with Crippen molar-refractivity contribution >= 4 is 27.5 Å². The standard InChI is InChI=1S/C16H17N3O2S/c1-19-10-4-6-12(19)13(20)8-9-17-15(21)16-18-11-5-2-3-7-14(11)22-16/h2-7,10,13,20H,8-9H2,1H3,(H,17,21). The summed E-state index contributed by atoms with van der Waals surface area (Å²) in [6.07, 6.45) is 1.77. The summed E-state index contributed by atoms with van der Waals surface area (Å²) >= 11 is 1.37. The molecule has 0 fully saturated rings. The lowest BCUT2D eigenvalue weighted by atomic mass is 10.2. The number of thiazole rings is 1. The van der Waals surface area contributed by atoms with Crippen molar-refractivity contribution in [2.75, 3.05) is 6.54 Å². The molecule has 0 saturated heterocycles. The van der Waals surface area contributed by atoms with Crippen LogP contribution in [0.1, 0.15) is 28.0 Å². The highest BCUT2D eigenvalue weighted by Gasteiger charge is 2.14. The minimum Gasteiger partial charge on any atom is -0.387 e. The Hall–Kier alpha value is -2.18. The second-order valence-electron chi connectivity index (χ2n) is 5.09. The van der Waals surface area contributed by atoms with Gasteiger partial charge in [-0.15, -0.1) is 11.3 Å². The molecule has 1 aromatic carbocycles. The summed E-state index contributed by atoms with van der Waals surface area (Å²) < 4.78 is 2.87. The molecule has 5 nitrogen and oxygen atoms in total. The molecule has 22 heavy (non-hydrogen) atoms. The van der Waals surface area contributed by atoms with E-state index >= 15 is 0 Å². The van der Waals surface area contributed by atoms with Gasteiger partial charge in [0.15, 0.2) is 5.01 Å². The van der Waals surface area contributed by atoms with E-state index in [0.717, 1.165) is 15.9 Å². The third-order valence-electron chi connectivity index (χ3n) is 3.52. The van der Waals surface area contributed by atoms with Gasteiger partial charge >= 0.3 is 0 Å². The van der Waals surface area contributed by atoms with Gasteiger partial charge in [-0.05, 0) is 30.7 Å². The molecule has 0 aliphatic carbocycles. The summed E-state index contributed by atoms with van der Waals surface area (Å²) in [7, 11) is 1.89. The fourth-order valence-electron chi connectivity index (χ4n) is 2.34. The normalized spacial score (nSPS) is 12.5. The Morgan fingerprint density at radius 1 is 1.36 bits per heavy atom. The van der Waals surface area contributed by atoms with E-state index in [1.807, 2.05) is 54.2 Å². The lowest BCUT2D eigenvalue weighted by Crippen LogP contribution is -2.25. The summed E-state index contributed by atoms with van der Waals surface area (Å²) in [6, 6.07) is 11.4. The number of aliphatic hydroxyl groups is 1. The molecule has 0 radical (unpaired) electrons. The number of hydrogen-bond donors (Lipinski definition) is 2. The van der Waals surface area contributed by atoms with E-state index in [1.165, 1.54) is 11.3 Å². The van der Waals surface area contributed by atoms with Crippen LogP contribution in [0.15, 0.2) is 42.6 Å². The number of carbonyl (C=O) groups is 1. The summed E-state index contributed by atoms with van der Waals surface area (Å²) in [5.74, 6) is -0.194. The van der Waals surface area contributed by atoms with Crippen molar-refractivity contribution in [3.05, 3.63) is 53.3 Å². The molecular formula is C16H17N3O2S. The van der Waals surface area contributed by atoms with Gasteiger partial charge in [0.1, 0.15) is 0 Å². The molecule has 1 atom stereocenters. The van der Waals surface area contributed by atoms with E-state index in [9.17, 15) is 9.90 Å². The smallest absolute Gasteiger partial charge is 0.280 e. The van der Waals surface area contributed by atoms with Crippen molar-refractivity contribution in [1.29, 1.82) is 0 Å². The molecule has 3 aromatic rings.